The highest BCUT2D eigenvalue weighted by Gasteiger charge is 2.35. The highest BCUT2D eigenvalue weighted by Crippen LogP contribution is 2.27. The number of para-hydroxylation sites is 1. The van der Waals surface area contributed by atoms with Gasteiger partial charge in [0.05, 0.1) is 23.4 Å². The summed E-state index contributed by atoms with van der Waals surface area (Å²) < 4.78 is 32.5. The van der Waals surface area contributed by atoms with Crippen molar-refractivity contribution in [2.45, 2.75) is 32.5 Å². The zero-order valence-electron chi connectivity index (χ0n) is 22.0. The number of ether oxygens (including phenoxy) is 1. The van der Waals surface area contributed by atoms with Gasteiger partial charge in [-0.05, 0) is 18.4 Å². The van der Waals surface area contributed by atoms with E-state index in [0.29, 0.717) is 17.5 Å². The number of hydrogen-bond donors (Lipinski definition) is 2. The van der Waals surface area contributed by atoms with Gasteiger partial charge in [0, 0.05) is 36.4 Å². The Hall–Kier alpha value is -4.11. The van der Waals surface area contributed by atoms with Gasteiger partial charge in [0.15, 0.2) is 0 Å². The van der Waals surface area contributed by atoms with E-state index >= 15 is 0 Å². The van der Waals surface area contributed by atoms with Crippen LogP contribution >= 0.6 is 0 Å². The number of amides is 2. The maximum atomic E-state index is 13.5. The maximum Gasteiger partial charge on any atom is 0.272 e. The minimum atomic E-state index is -1.31. The Morgan fingerprint density at radius 1 is 1.05 bits per heavy atom. The van der Waals surface area contributed by atoms with Crippen LogP contribution in [0.15, 0.2) is 77.8 Å². The van der Waals surface area contributed by atoms with Gasteiger partial charge in [0.1, 0.15) is 24.0 Å². The molecule has 2 unspecified atom stereocenters. The summed E-state index contributed by atoms with van der Waals surface area (Å²) >= 11 is 0. The number of hydrogen-bond acceptors (Lipinski definition) is 5. The van der Waals surface area contributed by atoms with Gasteiger partial charge in [0.2, 0.25) is 12.1 Å². The summed E-state index contributed by atoms with van der Waals surface area (Å²) in [4.78, 5) is 33.1. The Balaban J connectivity index is 1.60. The first-order valence-electron chi connectivity index (χ1n) is 12.7. The van der Waals surface area contributed by atoms with E-state index in [4.69, 9.17) is 4.74 Å². The average Bonchev–Trinajstić information content (AvgIpc) is 3.01. The first kappa shape index (κ1) is 27.9. The number of halogens is 2. The van der Waals surface area contributed by atoms with Crippen LogP contribution in [-0.2, 0) is 9.59 Å². The maximum absolute atomic E-state index is 13.5. The lowest BCUT2D eigenvalue weighted by Gasteiger charge is -2.26. The first-order chi connectivity index (χ1) is 18.6. The number of nitrogens with one attached hydrogen (secondary N) is 1. The zero-order valence-corrected chi connectivity index (χ0v) is 22.0. The van der Waals surface area contributed by atoms with Crippen molar-refractivity contribution in [3.63, 3.8) is 0 Å². The average molecular weight is 536 g/mol. The predicted molar refractivity (Wildman–Crippen MR) is 145 cm³/mol. The number of anilines is 1. The van der Waals surface area contributed by atoms with E-state index in [2.05, 4.69) is 10.3 Å². The van der Waals surface area contributed by atoms with Crippen molar-refractivity contribution in [3.05, 3.63) is 95.6 Å². The van der Waals surface area contributed by atoms with Crippen molar-refractivity contribution < 1.29 is 28.2 Å². The Morgan fingerprint density at radius 3 is 2.36 bits per heavy atom. The molecule has 1 heterocycles. The van der Waals surface area contributed by atoms with Crippen LogP contribution in [0.1, 0.15) is 31.4 Å². The number of benzene rings is 3. The normalized spacial score (nSPS) is 16.7. The van der Waals surface area contributed by atoms with Gasteiger partial charge in [-0.1, -0.05) is 62.4 Å². The van der Waals surface area contributed by atoms with Crippen LogP contribution in [0.5, 0.6) is 5.75 Å². The molecule has 0 aromatic heterocycles. The molecule has 2 N–H and O–H groups in total. The molecular formula is C30H31F2N3O4. The minimum Gasteiger partial charge on any atom is -0.491 e. The fourth-order valence-corrected chi connectivity index (χ4v) is 4.54. The molecule has 9 heteroatoms. The van der Waals surface area contributed by atoms with E-state index in [1.165, 1.54) is 4.90 Å². The van der Waals surface area contributed by atoms with Crippen LogP contribution in [0.2, 0.25) is 0 Å². The number of nitrogens with zero attached hydrogens (tertiary/aromatic N) is 2. The van der Waals surface area contributed by atoms with Crippen molar-refractivity contribution >= 4 is 23.2 Å². The van der Waals surface area contributed by atoms with Crippen molar-refractivity contribution in [2.75, 3.05) is 18.6 Å². The monoisotopic (exact) mass is 535 g/mol. The van der Waals surface area contributed by atoms with E-state index in [1.54, 1.807) is 7.05 Å². The third-order valence-corrected chi connectivity index (χ3v) is 6.45. The summed E-state index contributed by atoms with van der Waals surface area (Å²) in [5.41, 5.74) is 2.72. The van der Waals surface area contributed by atoms with Crippen LogP contribution in [0.4, 0.5) is 14.5 Å². The molecule has 39 heavy (non-hydrogen) atoms. The van der Waals surface area contributed by atoms with E-state index in [1.807, 2.05) is 68.4 Å². The number of aliphatic hydroxyl groups is 1. The number of carbonyl (C=O) groups excluding carboxylic acids is 2. The number of fused-ring (bicyclic) bond motifs is 1. The van der Waals surface area contributed by atoms with Gasteiger partial charge in [-0.15, -0.1) is 0 Å². The van der Waals surface area contributed by atoms with Gasteiger partial charge >= 0.3 is 0 Å². The lowest BCUT2D eigenvalue weighted by Crippen LogP contribution is -2.50. The summed E-state index contributed by atoms with van der Waals surface area (Å²) in [6.07, 6.45) is -2.28. The highest BCUT2D eigenvalue weighted by atomic mass is 19.1. The number of rotatable bonds is 9. The molecule has 204 valence electrons. The number of aliphatic hydroxyl groups excluding tert-OH is 1. The van der Waals surface area contributed by atoms with Crippen LogP contribution < -0.4 is 15.0 Å². The van der Waals surface area contributed by atoms with Crippen LogP contribution in [0, 0.1) is 23.5 Å². The molecule has 0 radical (unpaired) electrons. The van der Waals surface area contributed by atoms with Crippen molar-refractivity contribution in [1.29, 1.82) is 0 Å². The molecule has 0 saturated heterocycles. The molecule has 1 aliphatic rings. The second kappa shape index (κ2) is 12.2. The van der Waals surface area contributed by atoms with Crippen molar-refractivity contribution in [1.82, 2.24) is 5.32 Å². The second-order valence-electron chi connectivity index (χ2n) is 9.89. The molecule has 3 aromatic rings. The summed E-state index contributed by atoms with van der Waals surface area (Å²) in [5.74, 6) is -3.72. The number of likely N-dealkylation sites (N-methyl/N-ethyl adjacent to an activating group) is 1. The fourth-order valence-electron chi connectivity index (χ4n) is 4.54. The third-order valence-electron chi connectivity index (χ3n) is 6.45. The van der Waals surface area contributed by atoms with Crippen molar-refractivity contribution in [2.24, 2.45) is 16.8 Å². The smallest absolute Gasteiger partial charge is 0.272 e. The second-order valence-corrected chi connectivity index (χ2v) is 9.89. The van der Waals surface area contributed by atoms with Gasteiger partial charge < -0.3 is 20.1 Å². The molecule has 0 spiro atoms. The first-order valence-corrected chi connectivity index (χ1v) is 12.7. The van der Waals surface area contributed by atoms with Crippen molar-refractivity contribution in [3.8, 4) is 5.75 Å². The summed E-state index contributed by atoms with van der Waals surface area (Å²) in [7, 11) is 1.62. The SMILES string of the molecule is CC(C)CC(C(=O)NC1N=C(c2ccccc2)c2ccccc2N(C)C1=O)[C@H](O)COc1cc(F)cc(F)c1. The van der Waals surface area contributed by atoms with Gasteiger partial charge in [0.25, 0.3) is 5.91 Å². The standard InChI is InChI=1S/C30H31F2N3O4/c1-18(2)13-24(26(36)17-39-22-15-20(31)14-21(32)16-22)29(37)34-28-30(38)35(3)25-12-8-7-11-23(25)27(33-28)19-9-5-4-6-10-19/h4-12,14-16,18,24,26,28,36H,13,17H2,1-3H3,(H,34,37)/t24?,26-,28?/m1/s1. The molecule has 1 aliphatic heterocycles. The Bertz CT molecular complexity index is 1340. The van der Waals surface area contributed by atoms with Crippen LogP contribution in [-0.4, -0.2) is 48.6 Å². The largest absolute Gasteiger partial charge is 0.491 e. The lowest BCUT2D eigenvalue weighted by molar-refractivity contribution is -0.133. The molecule has 0 saturated carbocycles. The minimum absolute atomic E-state index is 0.0159. The molecular weight excluding hydrogens is 504 g/mol. The molecule has 7 nitrogen and oxygen atoms in total. The van der Waals surface area contributed by atoms with Gasteiger partial charge in [-0.3, -0.25) is 9.59 Å². The fraction of sp³-hybridized carbons (Fsp3) is 0.300. The molecule has 3 atom stereocenters. The Kier molecular flexibility index (Phi) is 8.71. The van der Waals surface area contributed by atoms with E-state index in [9.17, 15) is 23.5 Å². The number of benzodiazepines with no additional fused rings is 1. The lowest BCUT2D eigenvalue weighted by atomic mass is 9.91. The van der Waals surface area contributed by atoms with E-state index < -0.39 is 41.6 Å². The molecule has 4 rings (SSSR count). The molecule has 2 amide bonds. The van der Waals surface area contributed by atoms with E-state index in [0.717, 1.165) is 23.3 Å². The summed E-state index contributed by atoms with van der Waals surface area (Å²) in [5, 5.41) is 13.6. The highest BCUT2D eigenvalue weighted by molar-refractivity contribution is 6.20. The van der Waals surface area contributed by atoms with E-state index in [-0.39, 0.29) is 24.7 Å². The Morgan fingerprint density at radius 2 is 1.69 bits per heavy atom. The third kappa shape index (κ3) is 6.67. The number of carbonyl (C=O) groups is 2. The topological polar surface area (TPSA) is 91.2 Å². The molecule has 0 aliphatic carbocycles. The van der Waals surface area contributed by atoms with Gasteiger partial charge in [-0.2, -0.15) is 0 Å². The quantitative estimate of drug-likeness (QED) is 0.427. The zero-order chi connectivity index (χ0) is 28.1. The Labute approximate surface area is 226 Å². The van der Waals surface area contributed by atoms with Crippen LogP contribution in [0.3, 0.4) is 0 Å². The molecule has 3 aromatic carbocycles. The molecule has 0 bridgehead atoms. The summed E-state index contributed by atoms with van der Waals surface area (Å²) in [6.45, 7) is 3.40. The summed E-state index contributed by atoms with van der Waals surface area (Å²) in [6, 6.07) is 19.4. The molecule has 0 fully saturated rings. The van der Waals surface area contributed by atoms with Gasteiger partial charge in [-0.25, -0.2) is 13.8 Å². The predicted octanol–water partition coefficient (Wildman–Crippen LogP) is 4.32. The van der Waals surface area contributed by atoms with Crippen LogP contribution in [0.25, 0.3) is 0 Å². The number of aliphatic imine (C=N–C) groups is 1.